The molecule has 2 aromatic rings. The maximum absolute atomic E-state index is 12.4. The molecule has 0 radical (unpaired) electrons. The summed E-state index contributed by atoms with van der Waals surface area (Å²) in [7, 11) is 1.57. The topological polar surface area (TPSA) is 76.7 Å². The molecule has 0 fully saturated rings. The van der Waals surface area contributed by atoms with E-state index in [1.165, 1.54) is 0 Å². The fourth-order valence-corrected chi connectivity index (χ4v) is 2.77. The Kier molecular flexibility index (Phi) is 7.62. The average molecular weight is 486 g/mol. The molecule has 0 aliphatic carbocycles. The first-order chi connectivity index (χ1) is 12.4. The van der Waals surface area contributed by atoms with Crippen molar-refractivity contribution in [3.8, 4) is 5.75 Å². The summed E-state index contributed by atoms with van der Waals surface area (Å²) in [5.74, 6) is -0.510. The highest BCUT2D eigenvalue weighted by Gasteiger charge is 2.15. The van der Waals surface area contributed by atoms with Crippen LogP contribution >= 0.6 is 31.9 Å². The Bertz CT molecular complexity index is 812. The maximum Gasteiger partial charge on any atom is 0.273 e. The molecule has 0 unspecified atom stereocenters. The lowest BCUT2D eigenvalue weighted by atomic mass is 10.1. The van der Waals surface area contributed by atoms with Crippen LogP contribution < -0.4 is 15.6 Å². The van der Waals surface area contributed by atoms with E-state index in [9.17, 15) is 9.59 Å². The first-order valence-corrected chi connectivity index (χ1v) is 9.29. The molecule has 0 aliphatic heterocycles. The summed E-state index contributed by atoms with van der Waals surface area (Å²) >= 11 is 6.70. The second kappa shape index (κ2) is 9.70. The summed E-state index contributed by atoms with van der Waals surface area (Å²) in [6, 6.07) is 10.2. The Hall–Kier alpha value is -1.90. The van der Waals surface area contributed by atoms with E-state index in [2.05, 4.69) is 42.7 Å². The van der Waals surface area contributed by atoms with Crippen molar-refractivity contribution in [3.05, 3.63) is 62.0 Å². The molecule has 0 spiro atoms. The van der Waals surface area contributed by atoms with Crippen LogP contribution in [0, 0.1) is 6.92 Å². The minimum atomic E-state index is -0.488. The predicted molar refractivity (Wildman–Crippen MR) is 105 cm³/mol. The number of ether oxygens (including phenoxy) is 2. The van der Waals surface area contributed by atoms with Gasteiger partial charge in [0, 0.05) is 21.6 Å². The smallest absolute Gasteiger partial charge is 0.273 e. The third-order valence-electron chi connectivity index (χ3n) is 3.45. The van der Waals surface area contributed by atoms with Crippen LogP contribution in [-0.4, -0.2) is 32.1 Å². The van der Waals surface area contributed by atoms with Crippen molar-refractivity contribution in [2.24, 2.45) is 0 Å². The van der Waals surface area contributed by atoms with Crippen LogP contribution in [0.4, 0.5) is 0 Å². The molecule has 0 atom stereocenters. The van der Waals surface area contributed by atoms with E-state index in [0.29, 0.717) is 30.1 Å². The molecule has 0 saturated carbocycles. The molecule has 0 bridgehead atoms. The minimum absolute atomic E-state index is 0.292. The first-order valence-electron chi connectivity index (χ1n) is 7.70. The molecule has 2 N–H and O–H groups in total. The number of methoxy groups -OCH3 is 1. The SMILES string of the molecule is COCCOc1ccc(Br)cc1C(=O)NNC(=O)c1ccc(C)c(Br)c1. The monoisotopic (exact) mass is 484 g/mol. The fourth-order valence-electron chi connectivity index (χ4n) is 2.03. The maximum atomic E-state index is 12.4. The number of hydrogen-bond donors (Lipinski definition) is 2. The summed E-state index contributed by atoms with van der Waals surface area (Å²) < 4.78 is 12.0. The van der Waals surface area contributed by atoms with Gasteiger partial charge < -0.3 is 9.47 Å². The van der Waals surface area contributed by atoms with Gasteiger partial charge in [-0.05, 0) is 42.8 Å². The van der Waals surface area contributed by atoms with Gasteiger partial charge in [-0.2, -0.15) is 0 Å². The van der Waals surface area contributed by atoms with Crippen molar-refractivity contribution in [3.63, 3.8) is 0 Å². The number of hydrazine groups is 1. The fraction of sp³-hybridized carbons (Fsp3) is 0.222. The molecule has 2 amide bonds. The lowest BCUT2D eigenvalue weighted by Crippen LogP contribution is -2.41. The van der Waals surface area contributed by atoms with Gasteiger partial charge in [0.05, 0.1) is 12.2 Å². The van der Waals surface area contributed by atoms with Gasteiger partial charge in [0.2, 0.25) is 0 Å². The number of carbonyl (C=O) groups is 2. The van der Waals surface area contributed by atoms with E-state index >= 15 is 0 Å². The van der Waals surface area contributed by atoms with Crippen molar-refractivity contribution in [1.82, 2.24) is 10.9 Å². The zero-order chi connectivity index (χ0) is 19.1. The largest absolute Gasteiger partial charge is 0.490 e. The Labute approximate surface area is 168 Å². The molecule has 0 aliphatic rings. The first kappa shape index (κ1) is 20.4. The number of hydrogen-bond acceptors (Lipinski definition) is 4. The van der Waals surface area contributed by atoms with E-state index in [4.69, 9.17) is 9.47 Å². The number of carbonyl (C=O) groups excluding carboxylic acids is 2. The highest BCUT2D eigenvalue weighted by atomic mass is 79.9. The van der Waals surface area contributed by atoms with E-state index in [1.807, 2.05) is 13.0 Å². The number of nitrogens with one attached hydrogen (secondary N) is 2. The van der Waals surface area contributed by atoms with Gasteiger partial charge in [-0.25, -0.2) is 0 Å². The van der Waals surface area contributed by atoms with Crippen LogP contribution in [-0.2, 0) is 4.74 Å². The van der Waals surface area contributed by atoms with Gasteiger partial charge in [0.1, 0.15) is 12.4 Å². The Morgan fingerprint density at radius 2 is 1.73 bits per heavy atom. The molecule has 6 nitrogen and oxygen atoms in total. The summed E-state index contributed by atoms with van der Waals surface area (Å²) in [5, 5.41) is 0. The van der Waals surface area contributed by atoms with Crippen LogP contribution in [0.1, 0.15) is 26.3 Å². The third kappa shape index (κ3) is 5.55. The molecule has 26 heavy (non-hydrogen) atoms. The van der Waals surface area contributed by atoms with Crippen molar-refractivity contribution in [2.75, 3.05) is 20.3 Å². The number of rotatable bonds is 6. The van der Waals surface area contributed by atoms with E-state index < -0.39 is 11.8 Å². The molecule has 0 aromatic heterocycles. The Morgan fingerprint density at radius 1 is 1.00 bits per heavy atom. The summed E-state index contributed by atoms with van der Waals surface area (Å²) in [4.78, 5) is 24.6. The van der Waals surface area contributed by atoms with Crippen molar-refractivity contribution in [1.29, 1.82) is 0 Å². The van der Waals surface area contributed by atoms with E-state index in [0.717, 1.165) is 14.5 Å². The zero-order valence-corrected chi connectivity index (χ0v) is 17.4. The molecular weight excluding hydrogens is 468 g/mol. The van der Waals surface area contributed by atoms with Gasteiger partial charge in [0.25, 0.3) is 11.8 Å². The van der Waals surface area contributed by atoms with Crippen LogP contribution in [0.15, 0.2) is 45.3 Å². The molecule has 2 rings (SSSR count). The average Bonchev–Trinajstić information content (AvgIpc) is 2.63. The minimum Gasteiger partial charge on any atom is -0.490 e. The van der Waals surface area contributed by atoms with Crippen molar-refractivity contribution in [2.45, 2.75) is 6.92 Å². The predicted octanol–water partition coefficient (Wildman–Crippen LogP) is 3.62. The van der Waals surface area contributed by atoms with Gasteiger partial charge in [-0.15, -0.1) is 0 Å². The van der Waals surface area contributed by atoms with Gasteiger partial charge >= 0.3 is 0 Å². The van der Waals surface area contributed by atoms with Crippen LogP contribution in [0.25, 0.3) is 0 Å². The van der Waals surface area contributed by atoms with Crippen molar-refractivity contribution >= 4 is 43.7 Å². The Morgan fingerprint density at radius 3 is 2.42 bits per heavy atom. The lowest BCUT2D eigenvalue weighted by molar-refractivity contribution is 0.0842. The second-order valence-corrected chi connectivity index (χ2v) is 7.12. The summed E-state index contributed by atoms with van der Waals surface area (Å²) in [6.45, 7) is 2.63. The van der Waals surface area contributed by atoms with Gasteiger partial charge in [-0.1, -0.05) is 37.9 Å². The number of aryl methyl sites for hydroxylation is 1. The molecule has 0 saturated heterocycles. The van der Waals surface area contributed by atoms with Gasteiger partial charge in [0.15, 0.2) is 0 Å². The van der Waals surface area contributed by atoms with Crippen LogP contribution in [0.2, 0.25) is 0 Å². The van der Waals surface area contributed by atoms with E-state index in [1.54, 1.807) is 37.4 Å². The molecule has 8 heteroatoms. The third-order valence-corrected chi connectivity index (χ3v) is 4.80. The van der Waals surface area contributed by atoms with Crippen LogP contribution in [0.3, 0.4) is 0 Å². The highest BCUT2D eigenvalue weighted by Crippen LogP contribution is 2.23. The normalized spacial score (nSPS) is 10.3. The highest BCUT2D eigenvalue weighted by molar-refractivity contribution is 9.10. The lowest BCUT2D eigenvalue weighted by Gasteiger charge is -2.13. The second-order valence-electron chi connectivity index (χ2n) is 5.35. The molecular formula is C18H18Br2N2O4. The summed E-state index contributed by atoms with van der Waals surface area (Å²) in [5.41, 5.74) is 6.54. The summed E-state index contributed by atoms with van der Waals surface area (Å²) in [6.07, 6.45) is 0. The number of halogens is 2. The standard InChI is InChI=1S/C18H18Br2N2O4/c1-11-3-4-12(9-15(11)20)17(23)21-22-18(24)14-10-13(19)5-6-16(14)26-8-7-25-2/h3-6,9-10H,7-8H2,1-2H3,(H,21,23)(H,22,24). The quantitative estimate of drug-likeness (QED) is 0.484. The number of benzene rings is 2. The molecule has 2 aromatic carbocycles. The molecule has 138 valence electrons. The van der Waals surface area contributed by atoms with Gasteiger partial charge in [-0.3, -0.25) is 20.4 Å². The van der Waals surface area contributed by atoms with Crippen LogP contribution in [0.5, 0.6) is 5.75 Å². The number of amides is 2. The Balaban J connectivity index is 2.05. The van der Waals surface area contributed by atoms with E-state index in [-0.39, 0.29) is 0 Å². The zero-order valence-electron chi connectivity index (χ0n) is 14.3. The van der Waals surface area contributed by atoms with Crippen molar-refractivity contribution < 1.29 is 19.1 Å². The molecule has 0 heterocycles.